The first-order chi connectivity index (χ1) is 14.2. The van der Waals surface area contributed by atoms with Crippen LogP contribution in [0.1, 0.15) is 37.4 Å². The van der Waals surface area contributed by atoms with Crippen LogP contribution in [-0.4, -0.2) is 34.4 Å². The van der Waals surface area contributed by atoms with Gasteiger partial charge in [0.15, 0.2) is 0 Å². The topological polar surface area (TPSA) is 88.1 Å². The second kappa shape index (κ2) is 11.0. The van der Waals surface area contributed by atoms with Crippen molar-refractivity contribution in [2.75, 3.05) is 5.75 Å². The average Bonchev–Trinajstić information content (AvgIpc) is 3.18. The van der Waals surface area contributed by atoms with E-state index in [0.29, 0.717) is 29.0 Å². The van der Waals surface area contributed by atoms with Crippen molar-refractivity contribution in [2.24, 2.45) is 7.05 Å². The zero-order valence-corrected chi connectivity index (χ0v) is 22.1. The van der Waals surface area contributed by atoms with Crippen LogP contribution in [0.5, 0.6) is 0 Å². The molecule has 0 aliphatic heterocycles. The summed E-state index contributed by atoms with van der Waals surface area (Å²) in [6.07, 6.45) is 6.53. The number of halogens is 1. The fraction of sp³-hybridized carbons (Fsp3) is 0.333. The number of sulfonamides is 1. The minimum absolute atomic E-state index is 0. The monoisotopic (exact) mass is 470 g/mol. The summed E-state index contributed by atoms with van der Waals surface area (Å²) in [5.74, 6) is -0.717. The predicted octanol–water partition coefficient (Wildman–Crippen LogP) is 1.25. The minimum Gasteiger partial charge on any atom is -0.542 e. The van der Waals surface area contributed by atoms with Crippen molar-refractivity contribution in [2.45, 2.75) is 33.1 Å². The Balaban J connectivity index is 0.00000341. The molecule has 0 aliphatic carbocycles. The van der Waals surface area contributed by atoms with E-state index in [2.05, 4.69) is 9.82 Å². The standard InChI is InChI=1S/C21H25FN4O3S.K/c1-4-5-6-13-30(28,29)24-20(27)10-9-18-15(2)23-25(3)21(18)26-12-11-16-7-8-17(22)14-19(16)26;/h7-12,14H,4-6,13H2,1-3H3,(H,24,27);/q;+1/p-1/b10-9+;. The van der Waals surface area contributed by atoms with Gasteiger partial charge in [0.25, 0.3) is 0 Å². The van der Waals surface area contributed by atoms with Crippen molar-refractivity contribution in [3.8, 4) is 5.82 Å². The molecule has 31 heavy (non-hydrogen) atoms. The number of aromatic nitrogens is 3. The Labute approximate surface area is 224 Å². The van der Waals surface area contributed by atoms with Crippen LogP contribution in [0.25, 0.3) is 27.5 Å². The third-order valence-electron chi connectivity index (χ3n) is 4.75. The molecular formula is C21H24FKN4O3S. The van der Waals surface area contributed by atoms with Gasteiger partial charge in [-0.05, 0) is 49.8 Å². The molecule has 0 N–H and O–H groups in total. The number of carbonyl (C=O) groups is 1. The van der Waals surface area contributed by atoms with Crippen LogP contribution in [0, 0.1) is 12.7 Å². The molecule has 1 aromatic carbocycles. The predicted molar refractivity (Wildman–Crippen MR) is 115 cm³/mol. The second-order valence-corrected chi connectivity index (χ2v) is 8.85. The van der Waals surface area contributed by atoms with Gasteiger partial charge >= 0.3 is 51.4 Å². The first-order valence-corrected chi connectivity index (χ1v) is 11.3. The normalized spacial score (nSPS) is 11.7. The molecule has 0 radical (unpaired) electrons. The van der Waals surface area contributed by atoms with Gasteiger partial charge in [0.1, 0.15) is 11.6 Å². The molecule has 0 spiro atoms. The summed E-state index contributed by atoms with van der Waals surface area (Å²) >= 11 is 0. The number of unbranched alkanes of at least 4 members (excludes halogenated alkanes) is 2. The molecule has 0 fully saturated rings. The van der Waals surface area contributed by atoms with Gasteiger partial charge < -0.3 is 14.1 Å². The first-order valence-electron chi connectivity index (χ1n) is 9.70. The number of rotatable bonds is 8. The molecule has 3 aromatic rings. The zero-order valence-electron chi connectivity index (χ0n) is 18.2. The summed E-state index contributed by atoms with van der Waals surface area (Å²) in [5, 5.41) is 5.25. The van der Waals surface area contributed by atoms with E-state index in [0.717, 1.165) is 24.3 Å². The summed E-state index contributed by atoms with van der Waals surface area (Å²) in [5.41, 5.74) is 1.91. The Morgan fingerprint density at radius 3 is 2.71 bits per heavy atom. The minimum atomic E-state index is -3.79. The van der Waals surface area contributed by atoms with E-state index >= 15 is 0 Å². The quantitative estimate of drug-likeness (QED) is 0.282. The van der Waals surface area contributed by atoms with Crippen LogP contribution in [0.2, 0.25) is 0 Å². The van der Waals surface area contributed by atoms with Crippen LogP contribution in [0.4, 0.5) is 4.39 Å². The van der Waals surface area contributed by atoms with E-state index in [1.807, 2.05) is 13.0 Å². The van der Waals surface area contributed by atoms with Gasteiger partial charge in [-0.2, -0.15) is 5.10 Å². The largest absolute Gasteiger partial charge is 1.00 e. The fourth-order valence-electron chi connectivity index (χ4n) is 3.33. The molecule has 2 aromatic heterocycles. The van der Waals surface area contributed by atoms with Crippen LogP contribution in [0.15, 0.2) is 36.5 Å². The van der Waals surface area contributed by atoms with Crippen molar-refractivity contribution >= 4 is 32.9 Å². The SMILES string of the molecule is CCCCCS(=O)(=O)[N-]C(=O)/C=C/c1c(C)nn(C)c1-n1ccc2ccc(F)cc21.[K+]. The van der Waals surface area contributed by atoms with Crippen molar-refractivity contribution in [1.82, 2.24) is 14.3 Å². The number of aryl methyl sites for hydroxylation is 2. The number of carbonyl (C=O) groups excluding carboxylic acids is 1. The summed E-state index contributed by atoms with van der Waals surface area (Å²) in [6, 6.07) is 6.36. The van der Waals surface area contributed by atoms with Gasteiger partial charge in [-0.15, -0.1) is 0 Å². The number of amides is 1. The molecule has 0 saturated carbocycles. The second-order valence-electron chi connectivity index (χ2n) is 7.09. The van der Waals surface area contributed by atoms with Gasteiger partial charge in [-0.1, -0.05) is 19.8 Å². The molecule has 3 rings (SSSR count). The molecule has 0 atom stereocenters. The fourth-order valence-corrected chi connectivity index (χ4v) is 4.33. The Bertz CT molecular complexity index is 1210. The molecule has 1 amide bonds. The molecule has 0 bridgehead atoms. The molecule has 0 saturated heterocycles. The number of fused-ring (bicyclic) bond motifs is 1. The van der Waals surface area contributed by atoms with Crippen molar-refractivity contribution in [3.63, 3.8) is 0 Å². The van der Waals surface area contributed by atoms with E-state index in [9.17, 15) is 17.6 Å². The van der Waals surface area contributed by atoms with Gasteiger partial charge in [0, 0.05) is 29.9 Å². The number of nitrogens with zero attached hydrogens (tertiary/aromatic N) is 4. The van der Waals surface area contributed by atoms with Crippen molar-refractivity contribution < 1.29 is 69.0 Å². The first kappa shape index (κ1) is 26.0. The summed E-state index contributed by atoms with van der Waals surface area (Å²) < 4.78 is 44.4. The molecular weight excluding hydrogens is 446 g/mol. The number of benzene rings is 1. The number of hydrogen-bond donors (Lipinski definition) is 0. The van der Waals surface area contributed by atoms with E-state index in [1.54, 1.807) is 35.5 Å². The molecule has 160 valence electrons. The number of hydrogen-bond acceptors (Lipinski definition) is 4. The molecule has 0 aliphatic rings. The zero-order chi connectivity index (χ0) is 21.9. The maximum Gasteiger partial charge on any atom is 1.00 e. The Morgan fingerprint density at radius 2 is 2.00 bits per heavy atom. The maximum absolute atomic E-state index is 13.8. The summed E-state index contributed by atoms with van der Waals surface area (Å²) in [7, 11) is -2.05. The van der Waals surface area contributed by atoms with E-state index < -0.39 is 15.9 Å². The third-order valence-corrected chi connectivity index (χ3v) is 6.01. The van der Waals surface area contributed by atoms with Crippen LogP contribution >= 0.6 is 0 Å². The van der Waals surface area contributed by atoms with Crippen LogP contribution < -0.4 is 51.4 Å². The summed E-state index contributed by atoms with van der Waals surface area (Å²) in [4.78, 5) is 12.1. The molecule has 7 nitrogen and oxygen atoms in total. The molecule has 0 unspecified atom stereocenters. The van der Waals surface area contributed by atoms with E-state index in [-0.39, 0.29) is 63.0 Å². The maximum atomic E-state index is 13.8. The Morgan fingerprint density at radius 1 is 1.26 bits per heavy atom. The van der Waals surface area contributed by atoms with E-state index in [1.165, 1.54) is 18.2 Å². The average molecular weight is 471 g/mol. The van der Waals surface area contributed by atoms with Crippen LogP contribution in [0.3, 0.4) is 0 Å². The Kier molecular flexibility index (Phi) is 9.22. The van der Waals surface area contributed by atoms with Gasteiger partial charge in [-0.3, -0.25) is 4.68 Å². The van der Waals surface area contributed by atoms with Gasteiger partial charge in [0.05, 0.1) is 27.1 Å². The van der Waals surface area contributed by atoms with Crippen LogP contribution in [-0.2, 0) is 21.9 Å². The smallest absolute Gasteiger partial charge is 0.542 e. The molecule has 2 heterocycles. The van der Waals surface area contributed by atoms with E-state index in [4.69, 9.17) is 0 Å². The summed E-state index contributed by atoms with van der Waals surface area (Å²) in [6.45, 7) is 3.74. The van der Waals surface area contributed by atoms with Crippen molar-refractivity contribution in [3.05, 3.63) is 58.3 Å². The molecule has 10 heteroatoms. The van der Waals surface area contributed by atoms with Gasteiger partial charge in [0.2, 0.25) is 0 Å². The third kappa shape index (κ3) is 6.36. The van der Waals surface area contributed by atoms with Gasteiger partial charge in [-0.25, -0.2) is 12.8 Å². The van der Waals surface area contributed by atoms with Crippen molar-refractivity contribution in [1.29, 1.82) is 0 Å². The Hall–Kier alpha value is -1.30.